The fourth-order valence-corrected chi connectivity index (χ4v) is 3.23. The van der Waals surface area contributed by atoms with E-state index in [1.165, 1.54) is 18.2 Å². The quantitative estimate of drug-likeness (QED) is 0.266. The summed E-state index contributed by atoms with van der Waals surface area (Å²) >= 11 is 0. The van der Waals surface area contributed by atoms with Crippen molar-refractivity contribution in [2.75, 3.05) is 0 Å². The molecule has 0 aliphatic carbocycles. The molecule has 3 aromatic carbocycles. The molecule has 0 bridgehead atoms. The molecule has 167 valence electrons. The molecule has 0 saturated heterocycles. The average Bonchev–Trinajstić information content (AvgIpc) is 2.86. The Morgan fingerprint density at radius 1 is 0.382 bits per heavy atom. The smallest absolute Gasteiger partial charge is 0.871 e. The van der Waals surface area contributed by atoms with Gasteiger partial charge in [0.2, 0.25) is 0 Å². The molecule has 7 heteroatoms. The average molecular weight is 590 g/mol. The van der Waals surface area contributed by atoms with Crippen molar-refractivity contribution in [2.24, 2.45) is 0 Å². The van der Waals surface area contributed by atoms with Crippen LogP contribution in [0.15, 0.2) is 110 Å². The van der Waals surface area contributed by atoms with Crippen LogP contribution in [0.1, 0.15) is 0 Å². The van der Waals surface area contributed by atoms with Crippen molar-refractivity contribution in [3.63, 3.8) is 0 Å². The van der Waals surface area contributed by atoms with Crippen LogP contribution in [0.25, 0.3) is 32.7 Å². The van der Waals surface area contributed by atoms with Gasteiger partial charge in [-0.3, -0.25) is 15.0 Å². The molecule has 6 nitrogen and oxygen atoms in total. The van der Waals surface area contributed by atoms with Gasteiger partial charge >= 0.3 is 39.9 Å². The first-order valence-corrected chi connectivity index (χ1v) is 10.2. The maximum absolute atomic E-state index is 11.1. The summed E-state index contributed by atoms with van der Waals surface area (Å²) in [5, 5.41) is 36.1. The number of hydrogen-bond acceptors (Lipinski definition) is 6. The van der Waals surface area contributed by atoms with Crippen molar-refractivity contribution in [1.82, 2.24) is 15.0 Å². The van der Waals surface area contributed by atoms with Gasteiger partial charge in [-0.2, -0.15) is 0 Å². The Kier molecular flexibility index (Phi) is 9.04. The molecule has 6 aromatic rings. The second kappa shape index (κ2) is 12.2. The van der Waals surface area contributed by atoms with Crippen LogP contribution in [0.2, 0.25) is 0 Å². The maximum Gasteiger partial charge on any atom is 3.00 e. The zero-order valence-electron chi connectivity index (χ0n) is 17.8. The molecule has 0 aliphatic rings. The summed E-state index contributed by atoms with van der Waals surface area (Å²) in [6, 6.07) is 26.5. The Bertz CT molecular complexity index is 1330. The van der Waals surface area contributed by atoms with Crippen molar-refractivity contribution in [3.05, 3.63) is 110 Å². The van der Waals surface area contributed by atoms with Crippen LogP contribution in [0.5, 0.6) is 17.2 Å². The Labute approximate surface area is 228 Å². The molecule has 0 unspecified atom stereocenters. The molecule has 1 radical (unpaired) electrons. The molecular formula is C27H18GdN3O3. The Morgan fingerprint density at radius 2 is 0.647 bits per heavy atom. The van der Waals surface area contributed by atoms with Crippen LogP contribution in [-0.4, -0.2) is 15.0 Å². The molecule has 34 heavy (non-hydrogen) atoms. The molecule has 0 atom stereocenters. The number of rotatable bonds is 0. The minimum absolute atomic E-state index is 0. The third-order valence-corrected chi connectivity index (χ3v) is 4.79. The first-order valence-electron chi connectivity index (χ1n) is 10.2. The van der Waals surface area contributed by atoms with Gasteiger partial charge in [-0.1, -0.05) is 90.0 Å². The van der Waals surface area contributed by atoms with Crippen molar-refractivity contribution in [1.29, 1.82) is 0 Å². The summed E-state index contributed by atoms with van der Waals surface area (Å²) in [7, 11) is 0. The fraction of sp³-hybridized carbons (Fsp3) is 0. The molecule has 6 rings (SSSR count). The maximum atomic E-state index is 11.1. The van der Waals surface area contributed by atoms with Gasteiger partial charge < -0.3 is 15.3 Å². The molecule has 3 aromatic heterocycles. The van der Waals surface area contributed by atoms with Crippen molar-refractivity contribution in [3.8, 4) is 17.2 Å². The standard InChI is InChI=1S/3C9H7NO.Gd/c3*11-8-5-1-3-7-4-2-6-10-9(7)8;/h3*1-6,11H;/q;;;+3/p-3. The van der Waals surface area contributed by atoms with E-state index in [4.69, 9.17) is 0 Å². The van der Waals surface area contributed by atoms with E-state index in [2.05, 4.69) is 15.0 Å². The summed E-state index contributed by atoms with van der Waals surface area (Å²) in [6.07, 6.45) is 4.89. The van der Waals surface area contributed by atoms with Gasteiger partial charge in [-0.25, -0.2) is 0 Å². The van der Waals surface area contributed by atoms with Gasteiger partial charge in [0.1, 0.15) is 0 Å². The van der Waals surface area contributed by atoms with E-state index in [1.807, 2.05) is 54.6 Å². The number of hydrogen-bond donors (Lipinski definition) is 0. The van der Waals surface area contributed by atoms with Gasteiger partial charge in [0.05, 0.1) is 16.6 Å². The molecule has 0 spiro atoms. The minimum atomic E-state index is -0.0110. The summed E-state index contributed by atoms with van der Waals surface area (Å²) in [4.78, 5) is 11.9. The number of fused-ring (bicyclic) bond motifs is 3. The number of pyridine rings is 3. The van der Waals surface area contributed by atoms with Crippen molar-refractivity contribution >= 4 is 32.7 Å². The molecule has 0 fully saturated rings. The topological polar surface area (TPSA) is 108 Å². The van der Waals surface area contributed by atoms with E-state index in [0.717, 1.165) is 16.2 Å². The first kappa shape index (κ1) is 25.2. The van der Waals surface area contributed by atoms with Crippen molar-refractivity contribution < 1.29 is 55.3 Å². The summed E-state index contributed by atoms with van der Waals surface area (Å²) in [6.45, 7) is 0. The minimum Gasteiger partial charge on any atom is -0.871 e. The normalized spacial score (nSPS) is 9.88. The second-order valence-corrected chi connectivity index (χ2v) is 6.99. The first-order chi connectivity index (χ1) is 16.1. The van der Waals surface area contributed by atoms with Gasteiger partial charge in [-0.15, -0.1) is 0 Å². The van der Waals surface area contributed by atoms with Crippen LogP contribution in [0, 0.1) is 39.9 Å². The Hall–Kier alpha value is -3.39. The molecule has 0 amide bonds. The number of nitrogens with zero attached hydrogens (tertiary/aromatic N) is 3. The van der Waals surface area contributed by atoms with E-state index in [9.17, 15) is 15.3 Å². The van der Waals surface area contributed by atoms with E-state index < -0.39 is 0 Å². The predicted octanol–water partition coefficient (Wildman–Crippen LogP) is 3.93. The number of benzene rings is 3. The molecule has 3 heterocycles. The second-order valence-electron chi connectivity index (χ2n) is 6.99. The van der Waals surface area contributed by atoms with Crippen LogP contribution in [0.4, 0.5) is 0 Å². The van der Waals surface area contributed by atoms with Gasteiger partial charge in [0.15, 0.2) is 0 Å². The third kappa shape index (κ3) is 6.14. The summed E-state index contributed by atoms with van der Waals surface area (Å²) < 4.78 is 0. The molecule has 0 saturated carbocycles. The zero-order valence-corrected chi connectivity index (χ0v) is 20.1. The van der Waals surface area contributed by atoms with E-state index in [0.29, 0.717) is 16.6 Å². The van der Waals surface area contributed by atoms with Crippen LogP contribution < -0.4 is 15.3 Å². The van der Waals surface area contributed by atoms with Gasteiger partial charge in [0.25, 0.3) is 0 Å². The molecular weight excluding hydrogens is 572 g/mol. The van der Waals surface area contributed by atoms with E-state index in [-0.39, 0.29) is 57.2 Å². The molecule has 0 aliphatic heterocycles. The zero-order chi connectivity index (χ0) is 23.0. The van der Waals surface area contributed by atoms with Crippen molar-refractivity contribution in [2.45, 2.75) is 0 Å². The fourth-order valence-electron chi connectivity index (χ4n) is 3.23. The molecule has 0 N–H and O–H groups in total. The van der Waals surface area contributed by atoms with Gasteiger partial charge in [0, 0.05) is 18.6 Å². The third-order valence-electron chi connectivity index (χ3n) is 4.79. The Balaban J connectivity index is 0.000000141. The largest absolute Gasteiger partial charge is 3.00 e. The monoisotopic (exact) mass is 590 g/mol. The number of aromatic nitrogens is 3. The number of para-hydroxylation sites is 3. The van der Waals surface area contributed by atoms with E-state index in [1.54, 1.807) is 36.8 Å². The SMILES string of the molecule is [Gd+3].[O-]c1cccc2cccnc12.[O-]c1cccc2cccnc12.[O-]c1cccc2cccnc12. The summed E-state index contributed by atoms with van der Waals surface area (Å²) in [5.41, 5.74) is 1.65. The van der Waals surface area contributed by atoms with Crippen LogP contribution in [-0.2, 0) is 0 Å². The van der Waals surface area contributed by atoms with Crippen LogP contribution >= 0.6 is 0 Å². The van der Waals surface area contributed by atoms with Crippen LogP contribution in [0.3, 0.4) is 0 Å². The summed E-state index contributed by atoms with van der Waals surface area (Å²) in [5.74, 6) is -0.0331. The Morgan fingerprint density at radius 3 is 0.912 bits per heavy atom. The van der Waals surface area contributed by atoms with Gasteiger partial charge in [-0.05, 0) is 34.4 Å². The van der Waals surface area contributed by atoms with E-state index >= 15 is 0 Å². The predicted molar refractivity (Wildman–Crippen MR) is 124 cm³/mol.